The number of aromatic amines is 1. The first-order valence-corrected chi connectivity index (χ1v) is 4.43. The number of fused-ring (bicyclic) bond motifs is 1. The molecule has 0 aliphatic heterocycles. The smallest absolute Gasteiger partial charge is 0.152 e. The van der Waals surface area contributed by atoms with Crippen molar-refractivity contribution in [2.24, 2.45) is 0 Å². The van der Waals surface area contributed by atoms with Gasteiger partial charge in [-0.1, -0.05) is 11.6 Å². The van der Waals surface area contributed by atoms with E-state index in [1.54, 1.807) is 0 Å². The summed E-state index contributed by atoms with van der Waals surface area (Å²) in [7, 11) is 0. The van der Waals surface area contributed by atoms with Crippen molar-refractivity contribution in [1.29, 1.82) is 0 Å². The van der Waals surface area contributed by atoms with Crippen LogP contribution in [0.1, 0.15) is 21.6 Å². The molecule has 1 aromatic heterocycles. The van der Waals surface area contributed by atoms with Crippen LogP contribution in [-0.2, 0) is 6.61 Å². The summed E-state index contributed by atoms with van der Waals surface area (Å²) in [4.78, 5) is 13.9. The zero-order valence-electron chi connectivity index (χ0n) is 8.45. The maximum absolute atomic E-state index is 10.8. The molecule has 3 nitrogen and oxygen atoms in total. The molecule has 0 aliphatic rings. The number of aryl methyl sites for hydroxylation is 1. The van der Waals surface area contributed by atoms with E-state index in [9.17, 15) is 4.79 Å². The maximum atomic E-state index is 10.8. The molecule has 0 saturated heterocycles. The summed E-state index contributed by atoms with van der Waals surface area (Å²) in [5.41, 5.74) is 3.14. The van der Waals surface area contributed by atoms with Gasteiger partial charge in [-0.25, -0.2) is 0 Å². The van der Waals surface area contributed by atoms with Crippen molar-refractivity contribution in [3.05, 3.63) is 35.0 Å². The quantitative estimate of drug-likeness (QED) is 0.734. The fourth-order valence-electron chi connectivity index (χ4n) is 1.64. The van der Waals surface area contributed by atoms with Crippen LogP contribution in [-0.4, -0.2) is 16.4 Å². The molecule has 0 unspecified atom stereocenters. The van der Waals surface area contributed by atoms with Crippen molar-refractivity contribution in [2.45, 2.75) is 13.5 Å². The van der Waals surface area contributed by atoms with Gasteiger partial charge in [0.1, 0.15) is 0 Å². The summed E-state index contributed by atoms with van der Waals surface area (Å²) in [5.74, 6) is 0. The van der Waals surface area contributed by atoms with Crippen LogP contribution in [0.2, 0.25) is 0 Å². The van der Waals surface area contributed by atoms with E-state index in [0.29, 0.717) is 11.3 Å². The number of hydrogen-bond acceptors (Lipinski definition) is 2. The Kier molecular flexibility index (Phi) is 4.51. The van der Waals surface area contributed by atoms with E-state index in [-0.39, 0.29) is 50.7 Å². The Morgan fingerprint density at radius 2 is 2.20 bits per heavy atom. The molecule has 0 spiro atoms. The van der Waals surface area contributed by atoms with E-state index in [1.165, 1.54) is 0 Å². The second-order valence-corrected chi connectivity index (χ2v) is 3.34. The molecule has 2 rings (SSSR count). The number of aliphatic hydroxyl groups is 1. The molecule has 75 valence electrons. The number of aldehydes is 1. The van der Waals surface area contributed by atoms with Gasteiger partial charge in [0, 0.05) is 60.5 Å². The van der Waals surface area contributed by atoms with Crippen LogP contribution < -0.4 is 0 Å². The molecule has 2 aromatic rings. The molecular weight excluding hydrogens is 405 g/mol. The van der Waals surface area contributed by atoms with Gasteiger partial charge >= 0.3 is 0 Å². The van der Waals surface area contributed by atoms with E-state index >= 15 is 0 Å². The molecule has 4 heteroatoms. The monoisotopic (exact) mass is 416 g/mol. The summed E-state index contributed by atoms with van der Waals surface area (Å²) in [6.45, 7) is 1.83. The van der Waals surface area contributed by atoms with Crippen LogP contribution in [0.4, 0.5) is 0 Å². The number of carbonyl (C=O) groups is 1. The standard InChI is InChI=1S/C11H11NO2.Ac/c1-7-2-3-10-8(4-7)9(5-13)11(6-14)12-10;/h2-5,12,14H,6H2,1H3;. The minimum absolute atomic E-state index is 0. The van der Waals surface area contributed by atoms with Crippen LogP contribution in [0.25, 0.3) is 10.9 Å². The van der Waals surface area contributed by atoms with Crippen LogP contribution in [0.15, 0.2) is 18.2 Å². The molecule has 0 amide bonds. The Balaban J connectivity index is 0.00000112. The first-order valence-electron chi connectivity index (χ1n) is 4.43. The maximum Gasteiger partial charge on any atom is 0.152 e. The van der Waals surface area contributed by atoms with Gasteiger partial charge in [-0.05, 0) is 19.1 Å². The van der Waals surface area contributed by atoms with Crippen molar-refractivity contribution >= 4 is 17.2 Å². The number of aromatic nitrogens is 1. The van der Waals surface area contributed by atoms with Crippen molar-refractivity contribution in [2.75, 3.05) is 0 Å². The van der Waals surface area contributed by atoms with Crippen molar-refractivity contribution < 1.29 is 54.0 Å². The molecule has 15 heavy (non-hydrogen) atoms. The van der Waals surface area contributed by atoms with Gasteiger partial charge < -0.3 is 10.1 Å². The van der Waals surface area contributed by atoms with Gasteiger partial charge in [-0.15, -0.1) is 0 Å². The molecule has 0 atom stereocenters. The zero-order valence-corrected chi connectivity index (χ0v) is 13.2. The summed E-state index contributed by atoms with van der Waals surface area (Å²) in [5, 5.41) is 9.91. The largest absolute Gasteiger partial charge is 0.390 e. The minimum atomic E-state index is -0.137. The molecular formula is C11H11AcNO2. The van der Waals surface area contributed by atoms with Gasteiger partial charge in [0.15, 0.2) is 6.29 Å². The summed E-state index contributed by atoms with van der Waals surface area (Å²) < 4.78 is 0. The Morgan fingerprint density at radius 3 is 2.80 bits per heavy atom. The first kappa shape index (κ1) is 12.9. The van der Waals surface area contributed by atoms with E-state index < -0.39 is 0 Å². The number of rotatable bonds is 2. The number of aliphatic hydroxyl groups excluding tert-OH is 1. The van der Waals surface area contributed by atoms with Crippen molar-refractivity contribution in [3.63, 3.8) is 0 Å². The predicted octanol–water partition coefficient (Wildman–Crippen LogP) is 1.78. The van der Waals surface area contributed by atoms with Crippen molar-refractivity contribution in [1.82, 2.24) is 4.98 Å². The van der Waals surface area contributed by atoms with E-state index in [1.807, 2.05) is 25.1 Å². The Labute approximate surface area is 123 Å². The summed E-state index contributed by atoms with van der Waals surface area (Å²) >= 11 is 0. The van der Waals surface area contributed by atoms with Crippen LogP contribution in [0, 0.1) is 51.0 Å². The van der Waals surface area contributed by atoms with E-state index in [4.69, 9.17) is 5.11 Å². The average molecular weight is 416 g/mol. The molecule has 1 heterocycles. The fraction of sp³-hybridized carbons (Fsp3) is 0.182. The Hall–Kier alpha value is -0.168. The number of H-pyrrole nitrogens is 1. The van der Waals surface area contributed by atoms with Crippen LogP contribution in [0.5, 0.6) is 0 Å². The first-order chi connectivity index (χ1) is 6.76. The molecule has 0 bridgehead atoms. The summed E-state index contributed by atoms with van der Waals surface area (Å²) in [6, 6.07) is 5.82. The van der Waals surface area contributed by atoms with Crippen LogP contribution in [0.3, 0.4) is 0 Å². The molecule has 2 N–H and O–H groups in total. The number of hydrogen-bond donors (Lipinski definition) is 2. The predicted molar refractivity (Wildman–Crippen MR) is 54.3 cm³/mol. The third kappa shape index (κ3) is 2.33. The Morgan fingerprint density at radius 1 is 1.47 bits per heavy atom. The average Bonchev–Trinajstić information content (AvgIpc) is 2.54. The van der Waals surface area contributed by atoms with E-state index in [2.05, 4.69) is 4.98 Å². The molecule has 0 fully saturated rings. The molecule has 0 aliphatic carbocycles. The second-order valence-electron chi connectivity index (χ2n) is 3.34. The van der Waals surface area contributed by atoms with Crippen molar-refractivity contribution in [3.8, 4) is 0 Å². The Bertz CT molecular complexity index is 491. The third-order valence-corrected chi connectivity index (χ3v) is 2.35. The molecule has 1 radical (unpaired) electrons. The van der Waals surface area contributed by atoms with Gasteiger partial charge in [-0.2, -0.15) is 0 Å². The van der Waals surface area contributed by atoms with Gasteiger partial charge in [0.2, 0.25) is 0 Å². The van der Waals surface area contributed by atoms with Crippen LogP contribution >= 0.6 is 0 Å². The second kappa shape index (κ2) is 5.25. The topological polar surface area (TPSA) is 53.1 Å². The van der Waals surface area contributed by atoms with Gasteiger partial charge in [0.05, 0.1) is 12.3 Å². The molecule has 1 aromatic carbocycles. The van der Waals surface area contributed by atoms with Gasteiger partial charge in [0.25, 0.3) is 0 Å². The fourth-order valence-corrected chi connectivity index (χ4v) is 1.64. The number of benzene rings is 1. The zero-order chi connectivity index (χ0) is 10.1. The number of nitrogens with one attached hydrogen (secondary N) is 1. The van der Waals surface area contributed by atoms with E-state index in [0.717, 1.165) is 22.8 Å². The SMILES string of the molecule is Cc1ccc2[nH]c(CO)c(C=O)c2c1.[Ac]. The van der Waals surface area contributed by atoms with Gasteiger partial charge in [-0.3, -0.25) is 4.79 Å². The molecule has 0 saturated carbocycles. The summed E-state index contributed by atoms with van der Waals surface area (Å²) in [6.07, 6.45) is 0.782. The normalized spacial score (nSPS) is 10.0. The third-order valence-electron chi connectivity index (χ3n) is 2.35. The number of carbonyl (C=O) groups excluding carboxylic acids is 1. The minimum Gasteiger partial charge on any atom is -0.390 e.